The zero-order valence-electron chi connectivity index (χ0n) is 12.7. The van der Waals surface area contributed by atoms with Gasteiger partial charge in [-0.2, -0.15) is 0 Å². The molecule has 0 aliphatic carbocycles. The fraction of sp³-hybridized carbons (Fsp3) is 0.250. The molecule has 7 heteroatoms. The third kappa shape index (κ3) is 5.11. The Morgan fingerprint density at radius 1 is 1.09 bits per heavy atom. The highest BCUT2D eigenvalue weighted by atomic mass is 35.5. The summed E-state index contributed by atoms with van der Waals surface area (Å²) < 4.78 is 32.3. The summed E-state index contributed by atoms with van der Waals surface area (Å²) in [6.07, 6.45) is 0. The van der Waals surface area contributed by atoms with Gasteiger partial charge in [0.25, 0.3) is 0 Å². The number of hydrogen-bond acceptors (Lipinski definition) is 3. The van der Waals surface area contributed by atoms with Gasteiger partial charge in [-0.25, -0.2) is 13.1 Å². The van der Waals surface area contributed by atoms with E-state index in [1.807, 2.05) is 12.1 Å². The maximum atomic E-state index is 12.3. The molecule has 1 unspecified atom stereocenters. The third-order valence-electron chi connectivity index (χ3n) is 3.31. The Bertz CT molecular complexity index is 776. The summed E-state index contributed by atoms with van der Waals surface area (Å²) in [7, 11) is -1.93. The van der Waals surface area contributed by atoms with Crippen LogP contribution in [0.4, 0.5) is 0 Å². The number of nitrogens with one attached hydrogen (secondary N) is 1. The average Bonchev–Trinajstić information content (AvgIpc) is 2.50. The fourth-order valence-corrected chi connectivity index (χ4v) is 3.82. The molecule has 0 heterocycles. The standard InChI is InChI=1S/C16H17Cl2NO3S/c1-11(13-4-6-14(22-2)7-5-13)19-23(20,21)10-12-3-8-15(17)16(18)9-12/h3-9,11,19H,10H2,1-2H3. The molecule has 1 atom stereocenters. The molecule has 0 bridgehead atoms. The molecule has 23 heavy (non-hydrogen) atoms. The molecule has 0 spiro atoms. The van der Waals surface area contributed by atoms with Gasteiger partial charge in [0.1, 0.15) is 5.75 Å². The first-order valence-corrected chi connectivity index (χ1v) is 9.29. The van der Waals surface area contributed by atoms with Crippen LogP contribution in [0.25, 0.3) is 0 Å². The molecule has 0 aromatic heterocycles. The molecule has 0 fully saturated rings. The van der Waals surface area contributed by atoms with Crippen LogP contribution in [0.1, 0.15) is 24.1 Å². The lowest BCUT2D eigenvalue weighted by molar-refractivity contribution is 0.414. The van der Waals surface area contributed by atoms with Gasteiger partial charge >= 0.3 is 0 Å². The van der Waals surface area contributed by atoms with Crippen molar-refractivity contribution in [3.63, 3.8) is 0 Å². The Labute approximate surface area is 146 Å². The molecule has 124 valence electrons. The summed E-state index contributed by atoms with van der Waals surface area (Å²) in [4.78, 5) is 0. The first-order valence-electron chi connectivity index (χ1n) is 6.88. The van der Waals surface area contributed by atoms with Gasteiger partial charge in [0.15, 0.2) is 0 Å². The van der Waals surface area contributed by atoms with Crippen LogP contribution in [0.5, 0.6) is 5.75 Å². The number of benzene rings is 2. The van der Waals surface area contributed by atoms with Crippen LogP contribution in [0.3, 0.4) is 0 Å². The van der Waals surface area contributed by atoms with Crippen molar-refractivity contribution in [3.05, 3.63) is 63.6 Å². The second-order valence-corrected chi connectivity index (χ2v) is 7.69. The Hall–Kier alpha value is -1.27. The number of rotatable bonds is 6. The highest BCUT2D eigenvalue weighted by Crippen LogP contribution is 2.24. The average molecular weight is 374 g/mol. The molecule has 2 aromatic carbocycles. The Morgan fingerprint density at radius 3 is 2.30 bits per heavy atom. The quantitative estimate of drug-likeness (QED) is 0.825. The molecule has 2 aromatic rings. The summed E-state index contributed by atoms with van der Waals surface area (Å²) >= 11 is 11.7. The van der Waals surface area contributed by atoms with Crippen LogP contribution in [0.2, 0.25) is 10.0 Å². The van der Waals surface area contributed by atoms with E-state index in [4.69, 9.17) is 27.9 Å². The maximum absolute atomic E-state index is 12.3. The van der Waals surface area contributed by atoms with Gasteiger partial charge in [-0.05, 0) is 42.3 Å². The van der Waals surface area contributed by atoms with E-state index in [1.54, 1.807) is 44.4 Å². The van der Waals surface area contributed by atoms with E-state index in [2.05, 4.69) is 4.72 Å². The topological polar surface area (TPSA) is 55.4 Å². The summed E-state index contributed by atoms with van der Waals surface area (Å²) in [5, 5.41) is 0.731. The summed E-state index contributed by atoms with van der Waals surface area (Å²) in [5.74, 6) is 0.560. The summed E-state index contributed by atoms with van der Waals surface area (Å²) in [6, 6.07) is 11.7. The summed E-state index contributed by atoms with van der Waals surface area (Å²) in [6.45, 7) is 1.79. The van der Waals surface area contributed by atoms with Gasteiger partial charge in [-0.3, -0.25) is 0 Å². The minimum atomic E-state index is -3.51. The lowest BCUT2D eigenvalue weighted by atomic mass is 10.1. The van der Waals surface area contributed by atoms with Gasteiger partial charge in [0.05, 0.1) is 22.9 Å². The van der Waals surface area contributed by atoms with Crippen LogP contribution < -0.4 is 9.46 Å². The van der Waals surface area contributed by atoms with E-state index in [0.29, 0.717) is 15.6 Å². The number of sulfonamides is 1. The lowest BCUT2D eigenvalue weighted by Crippen LogP contribution is -2.28. The Kier molecular flexibility index (Phi) is 5.92. The van der Waals surface area contributed by atoms with Crippen LogP contribution in [0, 0.1) is 0 Å². The van der Waals surface area contributed by atoms with Gasteiger partial charge < -0.3 is 4.74 Å². The Morgan fingerprint density at radius 2 is 1.74 bits per heavy atom. The van der Waals surface area contributed by atoms with E-state index in [1.165, 1.54) is 0 Å². The SMILES string of the molecule is COc1ccc(C(C)NS(=O)(=O)Cc2ccc(Cl)c(Cl)c2)cc1. The van der Waals surface area contributed by atoms with E-state index in [0.717, 1.165) is 11.3 Å². The number of halogens is 2. The Balaban J connectivity index is 2.08. The molecular formula is C16H17Cl2NO3S. The second kappa shape index (κ2) is 7.53. The predicted molar refractivity (Wildman–Crippen MR) is 93.6 cm³/mol. The summed E-state index contributed by atoms with van der Waals surface area (Å²) in [5.41, 5.74) is 1.43. The fourth-order valence-electron chi connectivity index (χ4n) is 2.12. The van der Waals surface area contributed by atoms with Gasteiger partial charge in [0.2, 0.25) is 10.0 Å². The molecule has 0 saturated heterocycles. The molecule has 1 N–H and O–H groups in total. The molecule has 0 amide bonds. The molecule has 4 nitrogen and oxygen atoms in total. The lowest BCUT2D eigenvalue weighted by Gasteiger charge is -2.15. The maximum Gasteiger partial charge on any atom is 0.216 e. The van der Waals surface area contributed by atoms with E-state index in [-0.39, 0.29) is 11.8 Å². The molecule has 0 radical (unpaired) electrons. The van der Waals surface area contributed by atoms with Gasteiger partial charge in [-0.1, -0.05) is 41.4 Å². The zero-order chi connectivity index (χ0) is 17.0. The molecule has 0 saturated carbocycles. The normalized spacial score (nSPS) is 12.9. The van der Waals surface area contributed by atoms with E-state index < -0.39 is 10.0 Å². The smallest absolute Gasteiger partial charge is 0.216 e. The second-order valence-electron chi connectivity index (χ2n) is 5.12. The van der Waals surface area contributed by atoms with Crippen LogP contribution in [-0.2, 0) is 15.8 Å². The van der Waals surface area contributed by atoms with Crippen molar-refractivity contribution >= 4 is 33.2 Å². The van der Waals surface area contributed by atoms with Crippen molar-refractivity contribution in [2.24, 2.45) is 0 Å². The van der Waals surface area contributed by atoms with Gasteiger partial charge in [0, 0.05) is 6.04 Å². The number of ether oxygens (including phenoxy) is 1. The first-order chi connectivity index (χ1) is 10.8. The molecular weight excluding hydrogens is 357 g/mol. The highest BCUT2D eigenvalue weighted by Gasteiger charge is 2.17. The highest BCUT2D eigenvalue weighted by molar-refractivity contribution is 7.88. The van der Waals surface area contributed by atoms with Crippen molar-refractivity contribution in [1.82, 2.24) is 4.72 Å². The van der Waals surface area contributed by atoms with Crippen LogP contribution in [0.15, 0.2) is 42.5 Å². The van der Waals surface area contributed by atoms with E-state index in [9.17, 15) is 8.42 Å². The van der Waals surface area contributed by atoms with Gasteiger partial charge in [-0.15, -0.1) is 0 Å². The molecule has 0 aliphatic heterocycles. The first kappa shape index (κ1) is 18.1. The van der Waals surface area contributed by atoms with Crippen molar-refractivity contribution in [1.29, 1.82) is 0 Å². The molecule has 2 rings (SSSR count). The number of hydrogen-bond donors (Lipinski definition) is 1. The van der Waals surface area contributed by atoms with Crippen LogP contribution >= 0.6 is 23.2 Å². The largest absolute Gasteiger partial charge is 0.497 e. The monoisotopic (exact) mass is 373 g/mol. The van der Waals surface area contributed by atoms with Crippen molar-refractivity contribution < 1.29 is 13.2 Å². The minimum absolute atomic E-state index is 0.162. The zero-order valence-corrected chi connectivity index (χ0v) is 15.0. The van der Waals surface area contributed by atoms with E-state index >= 15 is 0 Å². The number of methoxy groups -OCH3 is 1. The van der Waals surface area contributed by atoms with Crippen LogP contribution in [-0.4, -0.2) is 15.5 Å². The van der Waals surface area contributed by atoms with Crippen molar-refractivity contribution in [3.8, 4) is 5.75 Å². The predicted octanol–water partition coefficient (Wildman–Crippen LogP) is 4.18. The van der Waals surface area contributed by atoms with Crippen molar-refractivity contribution in [2.75, 3.05) is 7.11 Å². The third-order valence-corrected chi connectivity index (χ3v) is 5.48. The molecule has 0 aliphatic rings. The van der Waals surface area contributed by atoms with Crippen molar-refractivity contribution in [2.45, 2.75) is 18.7 Å². The minimum Gasteiger partial charge on any atom is -0.497 e.